The number of hydrogen-bond acceptors (Lipinski definition) is 3. The van der Waals surface area contributed by atoms with Crippen LogP contribution in [0.2, 0.25) is 0 Å². The molecule has 0 radical (unpaired) electrons. The van der Waals surface area contributed by atoms with E-state index < -0.39 is 10.2 Å². The SMILES string of the molecule is CCN(C1CCNC1)S(=O)(=O)NC1CC1. The van der Waals surface area contributed by atoms with Gasteiger partial charge in [-0.3, -0.25) is 0 Å². The van der Waals surface area contributed by atoms with Crippen LogP contribution < -0.4 is 10.0 Å². The molecule has 0 aromatic carbocycles. The van der Waals surface area contributed by atoms with E-state index in [2.05, 4.69) is 10.0 Å². The van der Waals surface area contributed by atoms with Crippen molar-refractivity contribution in [2.24, 2.45) is 0 Å². The molecule has 0 spiro atoms. The van der Waals surface area contributed by atoms with Gasteiger partial charge in [0.2, 0.25) is 0 Å². The van der Waals surface area contributed by atoms with Gasteiger partial charge in [0.1, 0.15) is 0 Å². The van der Waals surface area contributed by atoms with E-state index in [1.165, 1.54) is 0 Å². The Kier molecular flexibility index (Phi) is 3.30. The third kappa shape index (κ3) is 2.69. The van der Waals surface area contributed by atoms with Crippen LogP contribution in [0, 0.1) is 0 Å². The molecule has 1 saturated heterocycles. The third-order valence-corrected chi connectivity index (χ3v) is 4.76. The minimum Gasteiger partial charge on any atom is -0.315 e. The van der Waals surface area contributed by atoms with Crippen molar-refractivity contribution in [1.29, 1.82) is 0 Å². The number of rotatable bonds is 5. The first-order valence-corrected chi connectivity index (χ1v) is 7.07. The van der Waals surface area contributed by atoms with Crippen molar-refractivity contribution in [1.82, 2.24) is 14.3 Å². The molecule has 0 bridgehead atoms. The zero-order chi connectivity index (χ0) is 10.9. The highest BCUT2D eigenvalue weighted by Crippen LogP contribution is 2.22. The summed E-state index contributed by atoms with van der Waals surface area (Å²) in [6.45, 7) is 4.14. The van der Waals surface area contributed by atoms with Gasteiger partial charge in [-0.05, 0) is 25.8 Å². The molecule has 88 valence electrons. The molecule has 2 N–H and O–H groups in total. The van der Waals surface area contributed by atoms with Crippen molar-refractivity contribution in [3.05, 3.63) is 0 Å². The molecule has 1 saturated carbocycles. The lowest BCUT2D eigenvalue weighted by atomic mass is 10.3. The predicted octanol–water partition coefficient (Wildman–Crippen LogP) is -0.333. The Morgan fingerprint density at radius 1 is 1.40 bits per heavy atom. The molecule has 5 nitrogen and oxygen atoms in total. The van der Waals surface area contributed by atoms with E-state index in [9.17, 15) is 8.42 Å². The second-order valence-corrected chi connectivity index (χ2v) is 5.90. The Balaban J connectivity index is 2.02. The van der Waals surface area contributed by atoms with Gasteiger partial charge < -0.3 is 5.32 Å². The van der Waals surface area contributed by atoms with Gasteiger partial charge in [-0.2, -0.15) is 17.4 Å². The molecule has 15 heavy (non-hydrogen) atoms. The standard InChI is InChI=1S/C9H19N3O2S/c1-2-12(9-5-6-10-7-9)15(13,14)11-8-3-4-8/h8-11H,2-7H2,1H3. The first-order valence-electron chi connectivity index (χ1n) is 5.63. The highest BCUT2D eigenvalue weighted by atomic mass is 32.2. The van der Waals surface area contributed by atoms with Gasteiger partial charge >= 0.3 is 0 Å². The maximum atomic E-state index is 12.0. The molecule has 2 fully saturated rings. The van der Waals surface area contributed by atoms with Crippen molar-refractivity contribution in [2.45, 2.75) is 38.3 Å². The molecule has 1 atom stereocenters. The molecule has 0 aromatic rings. The molecule has 1 aliphatic carbocycles. The monoisotopic (exact) mass is 233 g/mol. The minimum absolute atomic E-state index is 0.131. The fourth-order valence-corrected chi connectivity index (χ4v) is 3.69. The highest BCUT2D eigenvalue weighted by Gasteiger charge is 2.34. The summed E-state index contributed by atoms with van der Waals surface area (Å²) in [5.41, 5.74) is 0. The topological polar surface area (TPSA) is 61.4 Å². The Morgan fingerprint density at radius 2 is 2.13 bits per heavy atom. The third-order valence-electron chi connectivity index (χ3n) is 2.95. The minimum atomic E-state index is -3.25. The summed E-state index contributed by atoms with van der Waals surface area (Å²) >= 11 is 0. The van der Waals surface area contributed by atoms with Gasteiger partial charge in [0, 0.05) is 25.2 Å². The zero-order valence-electron chi connectivity index (χ0n) is 9.07. The first kappa shape index (κ1) is 11.3. The van der Waals surface area contributed by atoms with E-state index in [0.29, 0.717) is 6.54 Å². The van der Waals surface area contributed by atoms with Crippen LogP contribution in [0.5, 0.6) is 0 Å². The van der Waals surface area contributed by atoms with Crippen molar-refractivity contribution < 1.29 is 8.42 Å². The van der Waals surface area contributed by atoms with E-state index in [4.69, 9.17) is 0 Å². The summed E-state index contributed by atoms with van der Waals surface area (Å²) in [6.07, 6.45) is 2.89. The van der Waals surface area contributed by atoms with Crippen LogP contribution in [0.25, 0.3) is 0 Å². The van der Waals surface area contributed by atoms with Crippen LogP contribution in [-0.4, -0.2) is 44.4 Å². The molecule has 6 heteroatoms. The Morgan fingerprint density at radius 3 is 2.60 bits per heavy atom. The fourth-order valence-electron chi connectivity index (χ4n) is 1.99. The van der Waals surface area contributed by atoms with Crippen LogP contribution >= 0.6 is 0 Å². The highest BCUT2D eigenvalue weighted by molar-refractivity contribution is 7.87. The molecule has 1 heterocycles. The van der Waals surface area contributed by atoms with Gasteiger partial charge in [-0.25, -0.2) is 0 Å². The lowest BCUT2D eigenvalue weighted by Gasteiger charge is -2.26. The normalized spacial score (nSPS) is 27.5. The largest absolute Gasteiger partial charge is 0.315 e. The average molecular weight is 233 g/mol. The molecule has 2 rings (SSSR count). The summed E-state index contributed by atoms with van der Waals surface area (Å²) in [4.78, 5) is 0. The number of nitrogens with one attached hydrogen (secondary N) is 2. The summed E-state index contributed by atoms with van der Waals surface area (Å²) in [7, 11) is -3.25. The van der Waals surface area contributed by atoms with Crippen molar-refractivity contribution in [3.8, 4) is 0 Å². The van der Waals surface area contributed by atoms with Crippen LogP contribution in [0.15, 0.2) is 0 Å². The Hall–Kier alpha value is -0.170. The van der Waals surface area contributed by atoms with E-state index in [1.807, 2.05) is 6.92 Å². The molecule has 2 aliphatic rings. The van der Waals surface area contributed by atoms with Gasteiger partial charge in [0.15, 0.2) is 0 Å². The van der Waals surface area contributed by atoms with E-state index in [-0.39, 0.29) is 12.1 Å². The summed E-state index contributed by atoms with van der Waals surface area (Å²) < 4.78 is 28.3. The van der Waals surface area contributed by atoms with Crippen LogP contribution in [-0.2, 0) is 10.2 Å². The van der Waals surface area contributed by atoms with Gasteiger partial charge in [-0.1, -0.05) is 6.92 Å². The second kappa shape index (κ2) is 4.37. The molecular weight excluding hydrogens is 214 g/mol. The Labute approximate surface area is 91.4 Å². The van der Waals surface area contributed by atoms with Gasteiger partial charge in [0.05, 0.1) is 0 Å². The van der Waals surface area contributed by atoms with Crippen LogP contribution in [0.4, 0.5) is 0 Å². The fraction of sp³-hybridized carbons (Fsp3) is 1.00. The predicted molar refractivity (Wildman–Crippen MR) is 58.7 cm³/mol. The van der Waals surface area contributed by atoms with Crippen molar-refractivity contribution in [2.75, 3.05) is 19.6 Å². The van der Waals surface area contributed by atoms with Crippen molar-refractivity contribution >= 4 is 10.2 Å². The maximum Gasteiger partial charge on any atom is 0.279 e. The average Bonchev–Trinajstić information content (AvgIpc) is 2.81. The van der Waals surface area contributed by atoms with Crippen molar-refractivity contribution in [3.63, 3.8) is 0 Å². The molecule has 0 amide bonds. The molecule has 1 aliphatic heterocycles. The number of nitrogens with zero attached hydrogens (tertiary/aromatic N) is 1. The smallest absolute Gasteiger partial charge is 0.279 e. The quantitative estimate of drug-likeness (QED) is 0.683. The molecule has 0 aromatic heterocycles. The first-order chi connectivity index (χ1) is 7.13. The van der Waals surface area contributed by atoms with E-state index in [1.54, 1.807) is 4.31 Å². The van der Waals surface area contributed by atoms with Gasteiger partial charge in [0.25, 0.3) is 10.2 Å². The molecule has 1 unspecified atom stereocenters. The summed E-state index contributed by atoms with van der Waals surface area (Å²) in [5.74, 6) is 0. The van der Waals surface area contributed by atoms with Crippen LogP contribution in [0.3, 0.4) is 0 Å². The van der Waals surface area contributed by atoms with Gasteiger partial charge in [-0.15, -0.1) is 0 Å². The van der Waals surface area contributed by atoms with E-state index >= 15 is 0 Å². The molecular formula is C9H19N3O2S. The maximum absolute atomic E-state index is 12.0. The summed E-state index contributed by atoms with van der Waals surface area (Å²) in [6, 6.07) is 0.324. The van der Waals surface area contributed by atoms with E-state index in [0.717, 1.165) is 32.4 Å². The lowest BCUT2D eigenvalue weighted by molar-refractivity contribution is 0.343. The second-order valence-electron chi connectivity index (χ2n) is 4.25. The Bertz CT molecular complexity index is 307. The lowest BCUT2D eigenvalue weighted by Crippen LogP contribution is -2.47. The summed E-state index contributed by atoms with van der Waals surface area (Å²) in [5, 5.41) is 3.19. The number of hydrogen-bond donors (Lipinski definition) is 2. The van der Waals surface area contributed by atoms with Crippen LogP contribution in [0.1, 0.15) is 26.2 Å². The number of likely N-dealkylation sites (N-methyl/N-ethyl adjacent to an activating group) is 1. The zero-order valence-corrected chi connectivity index (χ0v) is 9.89.